The van der Waals surface area contributed by atoms with Gasteiger partial charge in [-0.2, -0.15) is 0 Å². The number of hydrogen-bond acceptors (Lipinski definition) is 6. The summed E-state index contributed by atoms with van der Waals surface area (Å²) in [4.78, 5) is 19.0. The maximum Gasteiger partial charge on any atom is 0.161 e. The molecule has 0 spiro atoms. The summed E-state index contributed by atoms with van der Waals surface area (Å²) in [5, 5.41) is 0. The van der Waals surface area contributed by atoms with Crippen LogP contribution in [0.1, 0.15) is 37.3 Å². The van der Waals surface area contributed by atoms with E-state index in [2.05, 4.69) is 20.9 Å². The molecule has 3 aliphatic rings. The van der Waals surface area contributed by atoms with Gasteiger partial charge >= 0.3 is 0 Å². The van der Waals surface area contributed by atoms with E-state index in [1.165, 1.54) is 31.4 Å². The highest BCUT2D eigenvalue weighted by atomic mass is 16.5. The van der Waals surface area contributed by atoms with Crippen molar-refractivity contribution in [1.82, 2.24) is 19.9 Å². The van der Waals surface area contributed by atoms with Crippen molar-refractivity contribution in [1.29, 1.82) is 0 Å². The molecule has 0 aromatic carbocycles. The Bertz CT molecular complexity index is 765. The Balaban J connectivity index is 1.34. The lowest BCUT2D eigenvalue weighted by Gasteiger charge is -2.40. The van der Waals surface area contributed by atoms with E-state index in [-0.39, 0.29) is 0 Å². The molecule has 1 saturated carbocycles. The highest BCUT2D eigenvalue weighted by Gasteiger charge is 2.29. The van der Waals surface area contributed by atoms with E-state index >= 15 is 0 Å². The molecule has 3 fully saturated rings. The minimum atomic E-state index is 0.623. The van der Waals surface area contributed by atoms with Crippen molar-refractivity contribution >= 4 is 5.82 Å². The van der Waals surface area contributed by atoms with Gasteiger partial charge in [0.2, 0.25) is 0 Å². The summed E-state index contributed by atoms with van der Waals surface area (Å²) < 4.78 is 5.50. The molecular weight excluding hydrogens is 338 g/mol. The van der Waals surface area contributed by atoms with Gasteiger partial charge in [0.15, 0.2) is 5.82 Å². The van der Waals surface area contributed by atoms with Gasteiger partial charge in [-0.15, -0.1) is 0 Å². The number of pyridine rings is 1. The average Bonchev–Trinajstić information content (AvgIpc) is 3.60. The predicted molar refractivity (Wildman–Crippen MR) is 105 cm³/mol. The standard InChI is InChI=1S/C21H27N5O/c1-2-16(1)19-15-20(24-21(23-19)17-3-7-22-8-4-17)26-9-5-18(6-10-26)25-11-13-27-14-12-25/h3-4,7-8,15-16,18H,1-2,5-6,9-14H2. The number of ether oxygens (including phenoxy) is 1. The van der Waals surface area contributed by atoms with Crippen LogP contribution in [0.15, 0.2) is 30.6 Å². The van der Waals surface area contributed by atoms with Gasteiger partial charge in [0.25, 0.3) is 0 Å². The molecule has 0 unspecified atom stereocenters. The fourth-order valence-corrected chi connectivity index (χ4v) is 4.24. The lowest BCUT2D eigenvalue weighted by atomic mass is 10.0. The van der Waals surface area contributed by atoms with Crippen molar-refractivity contribution < 1.29 is 4.74 Å². The molecule has 6 heteroatoms. The first-order valence-corrected chi connectivity index (χ1v) is 10.2. The van der Waals surface area contributed by atoms with Crippen LogP contribution in [0.4, 0.5) is 5.82 Å². The summed E-state index contributed by atoms with van der Waals surface area (Å²) in [5.41, 5.74) is 2.26. The zero-order valence-electron chi connectivity index (χ0n) is 15.8. The number of hydrogen-bond donors (Lipinski definition) is 0. The Morgan fingerprint density at radius 1 is 0.889 bits per heavy atom. The highest BCUT2D eigenvalue weighted by molar-refractivity contribution is 5.58. The van der Waals surface area contributed by atoms with Crippen molar-refractivity contribution in [2.75, 3.05) is 44.3 Å². The summed E-state index contributed by atoms with van der Waals surface area (Å²) in [5.74, 6) is 2.56. The van der Waals surface area contributed by atoms with Crippen LogP contribution >= 0.6 is 0 Å². The van der Waals surface area contributed by atoms with Crippen molar-refractivity contribution in [3.63, 3.8) is 0 Å². The summed E-state index contributed by atoms with van der Waals surface area (Å²) in [6, 6.07) is 6.92. The second-order valence-corrected chi connectivity index (χ2v) is 7.85. The Labute approximate surface area is 160 Å². The summed E-state index contributed by atoms with van der Waals surface area (Å²) in [6.07, 6.45) is 8.55. The lowest BCUT2D eigenvalue weighted by molar-refractivity contribution is 0.0115. The van der Waals surface area contributed by atoms with Gasteiger partial charge in [-0.1, -0.05) is 0 Å². The van der Waals surface area contributed by atoms with Crippen molar-refractivity contribution in [2.24, 2.45) is 0 Å². The van der Waals surface area contributed by atoms with Crippen molar-refractivity contribution in [2.45, 2.75) is 37.6 Å². The molecule has 6 nitrogen and oxygen atoms in total. The largest absolute Gasteiger partial charge is 0.379 e. The molecule has 142 valence electrons. The maximum absolute atomic E-state index is 5.50. The van der Waals surface area contributed by atoms with Crippen molar-refractivity contribution in [3.05, 3.63) is 36.3 Å². The topological polar surface area (TPSA) is 54.4 Å². The molecule has 0 amide bonds. The third kappa shape index (κ3) is 3.82. The van der Waals surface area contributed by atoms with Crippen LogP contribution in [0.2, 0.25) is 0 Å². The van der Waals surface area contributed by atoms with Gasteiger partial charge in [-0.3, -0.25) is 9.88 Å². The molecule has 0 N–H and O–H groups in total. The third-order valence-electron chi connectivity index (χ3n) is 6.02. The third-order valence-corrected chi connectivity index (χ3v) is 6.02. The van der Waals surface area contributed by atoms with Gasteiger partial charge < -0.3 is 9.64 Å². The van der Waals surface area contributed by atoms with E-state index in [1.807, 2.05) is 24.5 Å². The summed E-state index contributed by atoms with van der Waals surface area (Å²) >= 11 is 0. The highest BCUT2D eigenvalue weighted by Crippen LogP contribution is 2.40. The molecule has 2 aliphatic heterocycles. The minimum absolute atomic E-state index is 0.623. The molecule has 1 aliphatic carbocycles. The first-order valence-electron chi connectivity index (χ1n) is 10.2. The zero-order valence-corrected chi connectivity index (χ0v) is 15.8. The monoisotopic (exact) mass is 365 g/mol. The fourth-order valence-electron chi connectivity index (χ4n) is 4.24. The first kappa shape index (κ1) is 17.1. The number of anilines is 1. The Morgan fingerprint density at radius 2 is 1.63 bits per heavy atom. The van der Waals surface area contributed by atoms with E-state index in [1.54, 1.807) is 0 Å². The molecule has 27 heavy (non-hydrogen) atoms. The van der Waals surface area contributed by atoms with Crippen LogP contribution in [0, 0.1) is 0 Å². The first-order chi connectivity index (χ1) is 13.4. The summed E-state index contributed by atoms with van der Waals surface area (Å²) in [7, 11) is 0. The molecule has 2 aromatic rings. The molecule has 2 saturated heterocycles. The van der Waals surface area contributed by atoms with Gasteiger partial charge in [-0.05, 0) is 37.8 Å². The molecule has 0 radical (unpaired) electrons. The van der Waals surface area contributed by atoms with E-state index in [0.29, 0.717) is 12.0 Å². The quantitative estimate of drug-likeness (QED) is 0.830. The Kier molecular flexibility index (Phi) is 4.76. The van der Waals surface area contributed by atoms with Crippen LogP contribution in [0.25, 0.3) is 11.4 Å². The second-order valence-electron chi connectivity index (χ2n) is 7.85. The predicted octanol–water partition coefficient (Wildman–Crippen LogP) is 2.72. The van der Waals surface area contributed by atoms with Crippen LogP contribution in [0.5, 0.6) is 0 Å². The van der Waals surface area contributed by atoms with E-state index in [0.717, 1.165) is 56.6 Å². The number of piperidine rings is 1. The second kappa shape index (κ2) is 7.52. The number of nitrogens with zero attached hydrogens (tertiary/aromatic N) is 5. The number of rotatable bonds is 4. The Morgan fingerprint density at radius 3 is 2.33 bits per heavy atom. The van der Waals surface area contributed by atoms with E-state index in [9.17, 15) is 0 Å². The average molecular weight is 365 g/mol. The van der Waals surface area contributed by atoms with Crippen LogP contribution in [0.3, 0.4) is 0 Å². The molecule has 5 rings (SSSR count). The van der Waals surface area contributed by atoms with Crippen LogP contribution < -0.4 is 4.90 Å². The van der Waals surface area contributed by atoms with Crippen molar-refractivity contribution in [3.8, 4) is 11.4 Å². The molecule has 0 atom stereocenters. The lowest BCUT2D eigenvalue weighted by Crippen LogP contribution is -2.49. The Hall–Kier alpha value is -2.05. The van der Waals surface area contributed by atoms with Crippen LogP contribution in [-0.4, -0.2) is 65.3 Å². The number of aromatic nitrogens is 3. The normalized spacial score (nSPS) is 22.1. The maximum atomic E-state index is 5.50. The van der Waals surface area contributed by atoms with Gasteiger partial charge in [0, 0.05) is 67.9 Å². The smallest absolute Gasteiger partial charge is 0.161 e. The van der Waals surface area contributed by atoms with Gasteiger partial charge in [0.1, 0.15) is 5.82 Å². The molecule has 4 heterocycles. The molecule has 2 aromatic heterocycles. The molecular formula is C21H27N5O. The van der Waals surface area contributed by atoms with E-state index < -0.39 is 0 Å². The number of morpholine rings is 1. The fraction of sp³-hybridized carbons (Fsp3) is 0.571. The van der Waals surface area contributed by atoms with E-state index in [4.69, 9.17) is 14.7 Å². The van der Waals surface area contributed by atoms with Gasteiger partial charge in [-0.25, -0.2) is 9.97 Å². The summed E-state index contributed by atoms with van der Waals surface area (Å²) in [6.45, 7) is 6.06. The SMILES string of the molecule is c1cc(-c2nc(C3CC3)cc(N3CCC(N4CCOCC4)CC3)n2)ccn1. The van der Waals surface area contributed by atoms with Gasteiger partial charge in [0.05, 0.1) is 13.2 Å². The zero-order chi connectivity index (χ0) is 18.1. The molecule has 0 bridgehead atoms. The minimum Gasteiger partial charge on any atom is -0.379 e. The van der Waals surface area contributed by atoms with Crippen LogP contribution in [-0.2, 0) is 4.74 Å².